The van der Waals surface area contributed by atoms with Gasteiger partial charge < -0.3 is 5.32 Å². The van der Waals surface area contributed by atoms with E-state index in [4.69, 9.17) is 0 Å². The van der Waals surface area contributed by atoms with Gasteiger partial charge in [-0.25, -0.2) is 4.79 Å². The lowest BCUT2D eigenvalue weighted by molar-refractivity contribution is 0.0267. The van der Waals surface area contributed by atoms with Crippen molar-refractivity contribution in [3.8, 4) is 0 Å². The highest BCUT2D eigenvalue weighted by atomic mass is 79.9. The number of hydrogen-bond acceptors (Lipinski definition) is 2. The summed E-state index contributed by atoms with van der Waals surface area (Å²) in [5, 5.41) is 3.19. The molecule has 4 nitrogen and oxygen atoms in total. The number of aromatic nitrogens is 1. The zero-order valence-corrected chi connectivity index (χ0v) is 12.1. The number of fused-ring (bicyclic) bond motifs is 3. The Morgan fingerprint density at radius 1 is 1.44 bits per heavy atom. The third-order valence-corrected chi connectivity index (χ3v) is 4.83. The summed E-state index contributed by atoms with van der Waals surface area (Å²) in [6.07, 6.45) is 6.00. The normalized spacial score (nSPS) is 34.6. The molecule has 0 aromatic carbocycles. The van der Waals surface area contributed by atoms with Crippen molar-refractivity contribution in [3.05, 3.63) is 22.9 Å². The Kier molecular flexibility index (Phi) is 3.20. The number of hydrogen-bond donors (Lipinski definition) is 1. The van der Waals surface area contributed by atoms with Crippen molar-refractivity contribution < 1.29 is 4.79 Å². The van der Waals surface area contributed by atoms with E-state index >= 15 is 0 Å². The maximum absolute atomic E-state index is 12.2. The van der Waals surface area contributed by atoms with Crippen LogP contribution in [0.1, 0.15) is 19.8 Å². The number of rotatable bonds is 1. The Labute approximate surface area is 115 Å². The second-order valence-electron chi connectivity index (χ2n) is 5.33. The number of carbonyl (C=O) groups is 1. The third-order valence-electron chi connectivity index (χ3n) is 4.36. The minimum absolute atomic E-state index is 0.0219. The standard InChI is InChI=1S/C13H18BrN3O/c1-9-12(10-2-5-16(9)6-3-10)15-13(18)17-7-4-11(14)8-17/h4,7-10,12H,2-3,5-6H2,1H3,(H,15,18)/t9-,12-/m0/s1. The molecule has 18 heavy (non-hydrogen) atoms. The van der Waals surface area contributed by atoms with Crippen LogP contribution in [0.2, 0.25) is 0 Å². The van der Waals surface area contributed by atoms with E-state index in [9.17, 15) is 4.79 Å². The summed E-state index contributed by atoms with van der Waals surface area (Å²) in [4.78, 5) is 14.6. The van der Waals surface area contributed by atoms with Crippen LogP contribution in [-0.4, -0.2) is 40.7 Å². The van der Waals surface area contributed by atoms with Gasteiger partial charge in [-0.2, -0.15) is 0 Å². The Hall–Kier alpha value is -0.810. The summed E-state index contributed by atoms with van der Waals surface area (Å²) in [6, 6.07) is 2.60. The predicted molar refractivity (Wildman–Crippen MR) is 73.6 cm³/mol. The summed E-state index contributed by atoms with van der Waals surface area (Å²) in [5.41, 5.74) is 0. The highest BCUT2D eigenvalue weighted by molar-refractivity contribution is 9.10. The number of halogens is 1. The first-order chi connectivity index (χ1) is 8.65. The number of piperidine rings is 3. The molecule has 3 aliphatic heterocycles. The summed E-state index contributed by atoms with van der Waals surface area (Å²) in [6.45, 7) is 4.60. The van der Waals surface area contributed by atoms with Gasteiger partial charge in [-0.1, -0.05) is 0 Å². The van der Waals surface area contributed by atoms with Gasteiger partial charge in [0.15, 0.2) is 0 Å². The van der Waals surface area contributed by atoms with Gasteiger partial charge in [0.05, 0.1) is 0 Å². The zero-order valence-electron chi connectivity index (χ0n) is 10.5. The topological polar surface area (TPSA) is 37.3 Å². The van der Waals surface area contributed by atoms with Crippen LogP contribution in [0, 0.1) is 5.92 Å². The van der Waals surface area contributed by atoms with E-state index in [1.807, 2.05) is 6.07 Å². The van der Waals surface area contributed by atoms with Gasteiger partial charge in [0.2, 0.25) is 0 Å². The maximum Gasteiger partial charge on any atom is 0.325 e. The van der Waals surface area contributed by atoms with Crippen LogP contribution in [0.3, 0.4) is 0 Å². The van der Waals surface area contributed by atoms with Gasteiger partial charge in [0.1, 0.15) is 0 Å². The Balaban J connectivity index is 1.71. The van der Waals surface area contributed by atoms with E-state index in [0.717, 1.165) is 4.47 Å². The average molecular weight is 312 g/mol. The summed E-state index contributed by atoms with van der Waals surface area (Å²) in [7, 11) is 0. The molecule has 4 rings (SSSR count). The van der Waals surface area contributed by atoms with Gasteiger partial charge in [-0.15, -0.1) is 0 Å². The fraction of sp³-hybridized carbons (Fsp3) is 0.615. The fourth-order valence-electron chi connectivity index (χ4n) is 3.26. The molecule has 4 heterocycles. The van der Waals surface area contributed by atoms with Crippen LogP contribution in [0.5, 0.6) is 0 Å². The fourth-order valence-corrected chi connectivity index (χ4v) is 3.60. The van der Waals surface area contributed by atoms with Crippen molar-refractivity contribution in [2.45, 2.75) is 31.8 Å². The van der Waals surface area contributed by atoms with E-state index in [1.165, 1.54) is 25.9 Å². The van der Waals surface area contributed by atoms with E-state index in [0.29, 0.717) is 18.0 Å². The molecule has 3 aliphatic rings. The lowest BCUT2D eigenvalue weighted by Gasteiger charge is -2.49. The van der Waals surface area contributed by atoms with Crippen molar-refractivity contribution in [1.29, 1.82) is 0 Å². The van der Waals surface area contributed by atoms with Crippen LogP contribution in [-0.2, 0) is 0 Å². The second-order valence-corrected chi connectivity index (χ2v) is 6.24. The van der Waals surface area contributed by atoms with Crippen LogP contribution < -0.4 is 5.32 Å². The van der Waals surface area contributed by atoms with E-state index in [2.05, 4.69) is 33.1 Å². The molecule has 1 aromatic heterocycles. The van der Waals surface area contributed by atoms with Crippen molar-refractivity contribution in [2.24, 2.45) is 5.92 Å². The van der Waals surface area contributed by atoms with Crippen molar-refractivity contribution in [2.75, 3.05) is 13.1 Å². The first kappa shape index (κ1) is 12.2. The lowest BCUT2D eigenvalue weighted by atomic mass is 9.79. The summed E-state index contributed by atoms with van der Waals surface area (Å²) in [5.74, 6) is 0.646. The van der Waals surface area contributed by atoms with E-state index in [1.54, 1.807) is 17.0 Å². The minimum Gasteiger partial charge on any atom is -0.333 e. The number of nitrogens with one attached hydrogen (secondary N) is 1. The molecule has 0 saturated carbocycles. The average Bonchev–Trinajstić information content (AvgIpc) is 2.81. The van der Waals surface area contributed by atoms with Crippen molar-refractivity contribution in [1.82, 2.24) is 14.8 Å². The van der Waals surface area contributed by atoms with Gasteiger partial charge in [-0.3, -0.25) is 9.47 Å². The molecular formula is C13H18BrN3O. The molecule has 1 amide bonds. The predicted octanol–water partition coefficient (Wildman–Crippen LogP) is 2.29. The summed E-state index contributed by atoms with van der Waals surface area (Å²) >= 11 is 3.36. The molecule has 3 saturated heterocycles. The molecule has 0 unspecified atom stereocenters. The number of nitrogens with zero attached hydrogens (tertiary/aromatic N) is 2. The number of amides is 1. The molecule has 5 heteroatoms. The molecule has 1 N–H and O–H groups in total. The Bertz CT molecular complexity index is 449. The first-order valence-electron chi connectivity index (χ1n) is 6.53. The second kappa shape index (κ2) is 4.70. The van der Waals surface area contributed by atoms with Crippen molar-refractivity contribution in [3.63, 3.8) is 0 Å². The molecule has 2 atom stereocenters. The van der Waals surface area contributed by atoms with Gasteiger partial charge >= 0.3 is 6.03 Å². The zero-order chi connectivity index (χ0) is 12.7. The van der Waals surface area contributed by atoms with Crippen LogP contribution in [0.4, 0.5) is 4.79 Å². The molecule has 98 valence electrons. The molecule has 0 spiro atoms. The smallest absolute Gasteiger partial charge is 0.325 e. The molecular weight excluding hydrogens is 294 g/mol. The highest BCUT2D eigenvalue weighted by Crippen LogP contribution is 2.32. The largest absolute Gasteiger partial charge is 0.333 e. The Morgan fingerprint density at radius 3 is 2.72 bits per heavy atom. The van der Waals surface area contributed by atoms with Crippen LogP contribution in [0.25, 0.3) is 0 Å². The summed E-state index contributed by atoms with van der Waals surface area (Å²) < 4.78 is 2.54. The maximum atomic E-state index is 12.2. The molecule has 1 aromatic rings. The van der Waals surface area contributed by atoms with E-state index < -0.39 is 0 Å². The first-order valence-corrected chi connectivity index (χ1v) is 7.33. The van der Waals surface area contributed by atoms with Gasteiger partial charge in [0, 0.05) is 29.0 Å². The molecule has 0 aliphatic carbocycles. The lowest BCUT2D eigenvalue weighted by Crippen LogP contribution is -2.62. The molecule has 2 bridgehead atoms. The van der Waals surface area contributed by atoms with Gasteiger partial charge in [0.25, 0.3) is 0 Å². The molecule has 0 radical (unpaired) electrons. The minimum atomic E-state index is -0.0219. The highest BCUT2D eigenvalue weighted by Gasteiger charge is 2.40. The third kappa shape index (κ3) is 2.10. The van der Waals surface area contributed by atoms with Crippen molar-refractivity contribution >= 4 is 22.0 Å². The van der Waals surface area contributed by atoms with Crippen LogP contribution >= 0.6 is 15.9 Å². The molecule has 3 fully saturated rings. The van der Waals surface area contributed by atoms with Crippen LogP contribution in [0.15, 0.2) is 22.9 Å². The quantitative estimate of drug-likeness (QED) is 0.864. The van der Waals surface area contributed by atoms with Gasteiger partial charge in [-0.05, 0) is 60.8 Å². The monoisotopic (exact) mass is 311 g/mol. The SMILES string of the molecule is C[C@H]1[C@H](NC(=O)n2ccc(Br)c2)C2CCN1CC2. The number of carbonyl (C=O) groups excluding carboxylic acids is 1. The van der Waals surface area contributed by atoms with E-state index in [-0.39, 0.29) is 6.03 Å². The Morgan fingerprint density at radius 2 is 2.17 bits per heavy atom.